The zero-order valence-electron chi connectivity index (χ0n) is 10.0. The number of nitrogens with zero attached hydrogens (tertiary/aromatic N) is 1. The summed E-state index contributed by atoms with van der Waals surface area (Å²) in [4.78, 5) is 14.1. The molecule has 1 aliphatic carbocycles. The maximum absolute atomic E-state index is 11.8. The van der Waals surface area contributed by atoms with E-state index in [0.717, 1.165) is 23.6 Å². The highest BCUT2D eigenvalue weighted by Gasteiger charge is 2.20. The SMILES string of the molecule is C[C@@H]1CCc2sc(C(=O)NN(C)C)cc2C1. The average molecular weight is 238 g/mol. The molecule has 4 heteroatoms. The van der Waals surface area contributed by atoms with E-state index in [1.165, 1.54) is 16.9 Å². The van der Waals surface area contributed by atoms with Crippen molar-refractivity contribution in [3.05, 3.63) is 21.4 Å². The fraction of sp³-hybridized carbons (Fsp3) is 0.583. The molecule has 0 saturated carbocycles. The van der Waals surface area contributed by atoms with Gasteiger partial charge in [-0.25, -0.2) is 5.01 Å². The Morgan fingerprint density at radius 3 is 3.00 bits per heavy atom. The van der Waals surface area contributed by atoms with Crippen LogP contribution in [0.15, 0.2) is 6.07 Å². The molecular weight excluding hydrogens is 220 g/mol. The summed E-state index contributed by atoms with van der Waals surface area (Å²) in [6.45, 7) is 2.28. The molecule has 2 rings (SSSR count). The second-order valence-electron chi connectivity index (χ2n) is 4.74. The Morgan fingerprint density at radius 2 is 2.31 bits per heavy atom. The van der Waals surface area contributed by atoms with Crippen LogP contribution in [0, 0.1) is 5.92 Å². The summed E-state index contributed by atoms with van der Waals surface area (Å²) in [6, 6.07) is 2.06. The molecule has 88 valence electrons. The monoisotopic (exact) mass is 238 g/mol. The molecule has 1 atom stereocenters. The standard InChI is InChI=1S/C12H18N2OS/c1-8-4-5-10-9(6-8)7-11(16-10)12(15)13-14(2)3/h7-8H,4-6H2,1-3H3,(H,13,15)/t8-/m1/s1. The minimum atomic E-state index is 0.0112. The van der Waals surface area contributed by atoms with E-state index >= 15 is 0 Å². The molecule has 1 aromatic heterocycles. The largest absolute Gasteiger partial charge is 0.285 e. The molecule has 0 aliphatic heterocycles. The van der Waals surface area contributed by atoms with Crippen LogP contribution in [0.2, 0.25) is 0 Å². The van der Waals surface area contributed by atoms with Gasteiger partial charge in [-0.1, -0.05) is 6.92 Å². The number of hydrazine groups is 1. The fourth-order valence-electron chi connectivity index (χ4n) is 2.08. The van der Waals surface area contributed by atoms with Crippen molar-refractivity contribution < 1.29 is 4.79 Å². The van der Waals surface area contributed by atoms with Crippen LogP contribution in [0.5, 0.6) is 0 Å². The van der Waals surface area contributed by atoms with Gasteiger partial charge in [-0.2, -0.15) is 0 Å². The van der Waals surface area contributed by atoms with Gasteiger partial charge in [0.05, 0.1) is 4.88 Å². The zero-order chi connectivity index (χ0) is 11.7. The number of amides is 1. The van der Waals surface area contributed by atoms with Crippen molar-refractivity contribution >= 4 is 17.2 Å². The van der Waals surface area contributed by atoms with Crippen molar-refractivity contribution in [1.29, 1.82) is 0 Å². The van der Waals surface area contributed by atoms with Crippen LogP contribution in [0.4, 0.5) is 0 Å². The number of carbonyl (C=O) groups is 1. The van der Waals surface area contributed by atoms with E-state index in [9.17, 15) is 4.79 Å². The third-order valence-corrected chi connectivity index (χ3v) is 4.11. The average Bonchev–Trinajstić information content (AvgIpc) is 2.59. The molecule has 1 aliphatic rings. The molecule has 0 fully saturated rings. The number of fused-ring (bicyclic) bond motifs is 1. The zero-order valence-corrected chi connectivity index (χ0v) is 10.9. The highest BCUT2D eigenvalue weighted by Crippen LogP contribution is 2.32. The van der Waals surface area contributed by atoms with Crippen LogP contribution >= 0.6 is 11.3 Å². The van der Waals surface area contributed by atoms with Crippen molar-refractivity contribution in [1.82, 2.24) is 10.4 Å². The van der Waals surface area contributed by atoms with E-state index in [1.54, 1.807) is 16.3 Å². The lowest BCUT2D eigenvalue weighted by molar-refractivity contribution is 0.0861. The third-order valence-electron chi connectivity index (χ3n) is 2.88. The molecule has 0 radical (unpaired) electrons. The van der Waals surface area contributed by atoms with Crippen LogP contribution < -0.4 is 5.43 Å². The molecule has 1 N–H and O–H groups in total. The number of aryl methyl sites for hydroxylation is 1. The van der Waals surface area contributed by atoms with Gasteiger partial charge in [0.2, 0.25) is 0 Å². The van der Waals surface area contributed by atoms with E-state index in [0.29, 0.717) is 0 Å². The molecule has 3 nitrogen and oxygen atoms in total. The van der Waals surface area contributed by atoms with Gasteiger partial charge in [-0.05, 0) is 36.8 Å². The Morgan fingerprint density at radius 1 is 1.56 bits per heavy atom. The fourth-order valence-corrected chi connectivity index (χ4v) is 3.17. The summed E-state index contributed by atoms with van der Waals surface area (Å²) >= 11 is 1.65. The minimum Gasteiger partial charge on any atom is -0.285 e. The summed E-state index contributed by atoms with van der Waals surface area (Å²) in [7, 11) is 3.65. The van der Waals surface area contributed by atoms with E-state index in [4.69, 9.17) is 0 Å². The van der Waals surface area contributed by atoms with Gasteiger partial charge in [0, 0.05) is 19.0 Å². The summed E-state index contributed by atoms with van der Waals surface area (Å²) in [6.07, 6.45) is 3.51. The van der Waals surface area contributed by atoms with Crippen molar-refractivity contribution in [3.63, 3.8) is 0 Å². The van der Waals surface area contributed by atoms with Gasteiger partial charge in [0.15, 0.2) is 0 Å². The molecule has 0 aromatic carbocycles. The van der Waals surface area contributed by atoms with Crippen LogP contribution in [0.1, 0.15) is 33.5 Å². The Bertz CT molecular complexity index is 398. The first-order valence-corrected chi connectivity index (χ1v) is 6.48. The van der Waals surface area contributed by atoms with Gasteiger partial charge in [0.25, 0.3) is 5.91 Å². The predicted molar refractivity (Wildman–Crippen MR) is 66.7 cm³/mol. The van der Waals surface area contributed by atoms with Gasteiger partial charge < -0.3 is 0 Å². The predicted octanol–water partition coefficient (Wildman–Crippen LogP) is 2.08. The first kappa shape index (κ1) is 11.6. The van der Waals surface area contributed by atoms with E-state index in [2.05, 4.69) is 18.4 Å². The smallest absolute Gasteiger partial charge is 0.275 e. The number of hydrogen-bond acceptors (Lipinski definition) is 3. The maximum Gasteiger partial charge on any atom is 0.275 e. The number of thiophene rings is 1. The van der Waals surface area contributed by atoms with Crippen LogP contribution in [-0.4, -0.2) is 25.0 Å². The summed E-state index contributed by atoms with van der Waals surface area (Å²) in [5, 5.41) is 1.68. The highest BCUT2D eigenvalue weighted by molar-refractivity contribution is 7.14. The van der Waals surface area contributed by atoms with Gasteiger partial charge in [-0.3, -0.25) is 10.2 Å². The number of nitrogens with one attached hydrogen (secondary N) is 1. The molecular formula is C12H18N2OS. The molecule has 0 saturated heterocycles. The normalized spacial score (nSPS) is 19.6. The van der Waals surface area contributed by atoms with E-state index in [1.807, 2.05) is 14.1 Å². The second kappa shape index (κ2) is 4.55. The summed E-state index contributed by atoms with van der Waals surface area (Å²) in [5.74, 6) is 0.768. The highest BCUT2D eigenvalue weighted by atomic mass is 32.1. The number of rotatable bonds is 2. The van der Waals surface area contributed by atoms with Gasteiger partial charge >= 0.3 is 0 Å². The third kappa shape index (κ3) is 2.44. The molecule has 1 amide bonds. The molecule has 0 bridgehead atoms. The van der Waals surface area contributed by atoms with Crippen LogP contribution in [-0.2, 0) is 12.8 Å². The summed E-state index contributed by atoms with van der Waals surface area (Å²) < 4.78 is 0. The summed E-state index contributed by atoms with van der Waals surface area (Å²) in [5.41, 5.74) is 4.17. The molecule has 16 heavy (non-hydrogen) atoms. The Hall–Kier alpha value is -0.870. The molecule has 0 spiro atoms. The van der Waals surface area contributed by atoms with Crippen molar-refractivity contribution in [2.45, 2.75) is 26.2 Å². The lowest BCUT2D eigenvalue weighted by Gasteiger charge is -2.16. The van der Waals surface area contributed by atoms with Crippen molar-refractivity contribution in [2.75, 3.05) is 14.1 Å². The number of carbonyl (C=O) groups excluding carboxylic acids is 1. The Labute approximate surface area is 100 Å². The Kier molecular flexibility index (Phi) is 3.30. The topological polar surface area (TPSA) is 32.3 Å². The molecule has 0 unspecified atom stereocenters. The quantitative estimate of drug-likeness (QED) is 0.800. The lowest BCUT2D eigenvalue weighted by Crippen LogP contribution is -2.35. The lowest BCUT2D eigenvalue weighted by atomic mass is 9.90. The maximum atomic E-state index is 11.8. The first-order chi connectivity index (χ1) is 7.56. The van der Waals surface area contributed by atoms with Crippen LogP contribution in [0.25, 0.3) is 0 Å². The Balaban J connectivity index is 2.15. The van der Waals surface area contributed by atoms with Crippen molar-refractivity contribution in [3.8, 4) is 0 Å². The first-order valence-electron chi connectivity index (χ1n) is 5.66. The van der Waals surface area contributed by atoms with Crippen molar-refractivity contribution in [2.24, 2.45) is 5.92 Å². The van der Waals surface area contributed by atoms with Gasteiger partial charge in [0.1, 0.15) is 0 Å². The molecule has 1 aromatic rings. The van der Waals surface area contributed by atoms with Gasteiger partial charge in [-0.15, -0.1) is 11.3 Å². The minimum absolute atomic E-state index is 0.0112. The second-order valence-corrected chi connectivity index (χ2v) is 5.88. The number of hydrogen-bond donors (Lipinski definition) is 1. The van der Waals surface area contributed by atoms with E-state index in [-0.39, 0.29) is 5.91 Å². The molecule has 1 heterocycles. The van der Waals surface area contributed by atoms with E-state index < -0.39 is 0 Å². The van der Waals surface area contributed by atoms with Crippen LogP contribution in [0.3, 0.4) is 0 Å².